The molecule has 3 amide bonds. The van der Waals surface area contributed by atoms with Crippen molar-refractivity contribution in [3.05, 3.63) is 106 Å². The number of benzene rings is 3. The molecule has 0 saturated carbocycles. The molecule has 38 heavy (non-hydrogen) atoms. The largest absolute Gasteiger partial charge is 0.340 e. The summed E-state index contributed by atoms with van der Waals surface area (Å²) in [4.78, 5) is 56.2. The third kappa shape index (κ3) is 5.24. The number of rotatable bonds is 6. The Bertz CT molecular complexity index is 1380. The van der Waals surface area contributed by atoms with E-state index in [-0.39, 0.29) is 31.2 Å². The van der Waals surface area contributed by atoms with Gasteiger partial charge in [0, 0.05) is 28.6 Å². The SMILES string of the molecule is O=C(N[C@@H](Cc1ccc(F)cc1)C(=O)N1CCC2[C@H]1C(=O)CN2C(=O)c1ccccc1)c1cccc(Br)c1. The summed E-state index contributed by atoms with van der Waals surface area (Å²) in [6, 6.07) is 19.1. The molecule has 3 aromatic carbocycles. The minimum Gasteiger partial charge on any atom is -0.340 e. The topological polar surface area (TPSA) is 86.8 Å². The number of nitrogens with zero attached hydrogens (tertiary/aromatic N) is 2. The van der Waals surface area contributed by atoms with Crippen molar-refractivity contribution in [2.45, 2.75) is 31.0 Å². The van der Waals surface area contributed by atoms with E-state index in [4.69, 9.17) is 0 Å². The van der Waals surface area contributed by atoms with Gasteiger partial charge in [0.15, 0.2) is 5.78 Å². The first-order valence-corrected chi connectivity index (χ1v) is 13.1. The van der Waals surface area contributed by atoms with Gasteiger partial charge in [-0.2, -0.15) is 0 Å². The predicted octanol–water partition coefficient (Wildman–Crippen LogP) is 3.62. The van der Waals surface area contributed by atoms with Crippen molar-refractivity contribution in [1.29, 1.82) is 0 Å². The Morgan fingerprint density at radius 1 is 0.947 bits per heavy atom. The molecule has 5 rings (SSSR count). The first kappa shape index (κ1) is 25.8. The van der Waals surface area contributed by atoms with Gasteiger partial charge < -0.3 is 15.1 Å². The van der Waals surface area contributed by atoms with E-state index in [0.717, 1.165) is 0 Å². The molecule has 7 nitrogen and oxygen atoms in total. The molecule has 0 spiro atoms. The van der Waals surface area contributed by atoms with Crippen LogP contribution in [0.2, 0.25) is 0 Å². The minimum absolute atomic E-state index is 0.0696. The van der Waals surface area contributed by atoms with Crippen LogP contribution in [0.1, 0.15) is 32.7 Å². The standard InChI is InChI=1S/C29H25BrFN3O4/c30-21-8-4-7-20(16-21)27(36)32-23(15-18-9-11-22(31)12-10-18)29(38)33-14-13-24-26(33)25(35)17-34(24)28(37)19-5-2-1-3-6-19/h1-12,16,23-24,26H,13-15,17H2,(H,32,36)/t23-,24?,26-/m0/s1. The fraction of sp³-hybridized carbons (Fsp3) is 0.241. The van der Waals surface area contributed by atoms with Gasteiger partial charge in [0.05, 0.1) is 12.6 Å². The van der Waals surface area contributed by atoms with Crippen LogP contribution in [0.25, 0.3) is 0 Å². The van der Waals surface area contributed by atoms with Crippen LogP contribution in [-0.2, 0) is 16.0 Å². The molecule has 2 aliphatic heterocycles. The normalized spacial score (nSPS) is 19.3. The number of fused-ring (bicyclic) bond motifs is 1. The van der Waals surface area contributed by atoms with E-state index in [1.54, 1.807) is 65.6 Å². The fourth-order valence-electron chi connectivity index (χ4n) is 5.21. The fourth-order valence-corrected chi connectivity index (χ4v) is 5.61. The molecule has 1 N–H and O–H groups in total. The summed E-state index contributed by atoms with van der Waals surface area (Å²) in [7, 11) is 0. The maximum Gasteiger partial charge on any atom is 0.254 e. The highest BCUT2D eigenvalue weighted by atomic mass is 79.9. The highest BCUT2D eigenvalue weighted by Gasteiger charge is 2.52. The lowest BCUT2D eigenvalue weighted by Crippen LogP contribution is -2.53. The Balaban J connectivity index is 1.38. The van der Waals surface area contributed by atoms with Crippen molar-refractivity contribution in [2.24, 2.45) is 0 Å². The summed E-state index contributed by atoms with van der Waals surface area (Å²) in [5.74, 6) is -1.71. The molecule has 3 atom stereocenters. The number of likely N-dealkylation sites (tertiary alicyclic amines) is 2. The number of carbonyl (C=O) groups excluding carboxylic acids is 4. The second kappa shape index (κ2) is 10.9. The molecule has 2 fully saturated rings. The van der Waals surface area contributed by atoms with Crippen LogP contribution in [0.5, 0.6) is 0 Å². The summed E-state index contributed by atoms with van der Waals surface area (Å²) >= 11 is 3.35. The third-order valence-corrected chi connectivity index (χ3v) is 7.52. The van der Waals surface area contributed by atoms with Crippen molar-refractivity contribution in [3.63, 3.8) is 0 Å². The molecular formula is C29H25BrFN3O4. The van der Waals surface area contributed by atoms with E-state index < -0.39 is 35.8 Å². The Hall–Kier alpha value is -3.85. The Morgan fingerprint density at radius 2 is 1.66 bits per heavy atom. The minimum atomic E-state index is -0.989. The van der Waals surface area contributed by atoms with E-state index in [0.29, 0.717) is 27.6 Å². The number of hydrogen-bond donors (Lipinski definition) is 1. The summed E-state index contributed by atoms with van der Waals surface area (Å²) in [6.45, 7) is 0.213. The zero-order valence-electron chi connectivity index (χ0n) is 20.3. The van der Waals surface area contributed by atoms with Gasteiger partial charge in [-0.1, -0.05) is 52.3 Å². The molecule has 0 bridgehead atoms. The van der Waals surface area contributed by atoms with Crippen LogP contribution in [0.15, 0.2) is 83.3 Å². The van der Waals surface area contributed by atoms with Crippen LogP contribution in [0, 0.1) is 5.82 Å². The Morgan fingerprint density at radius 3 is 2.37 bits per heavy atom. The quantitative estimate of drug-likeness (QED) is 0.485. The number of nitrogens with one attached hydrogen (secondary N) is 1. The summed E-state index contributed by atoms with van der Waals surface area (Å²) in [6.07, 6.45) is 0.581. The Kier molecular flexibility index (Phi) is 7.37. The summed E-state index contributed by atoms with van der Waals surface area (Å²) < 4.78 is 14.2. The Labute approximate surface area is 227 Å². The average molecular weight is 578 g/mol. The number of hydrogen-bond acceptors (Lipinski definition) is 4. The van der Waals surface area contributed by atoms with Crippen LogP contribution in [0.4, 0.5) is 4.39 Å². The average Bonchev–Trinajstić information content (AvgIpc) is 3.50. The van der Waals surface area contributed by atoms with Gasteiger partial charge >= 0.3 is 0 Å². The predicted molar refractivity (Wildman–Crippen MR) is 142 cm³/mol. The zero-order valence-corrected chi connectivity index (χ0v) is 21.9. The van der Waals surface area contributed by atoms with E-state index >= 15 is 0 Å². The lowest BCUT2D eigenvalue weighted by Gasteiger charge is -2.28. The van der Waals surface area contributed by atoms with Gasteiger partial charge in [-0.05, 0) is 54.4 Å². The van der Waals surface area contributed by atoms with Gasteiger partial charge in [0.1, 0.15) is 17.9 Å². The first-order valence-electron chi connectivity index (χ1n) is 12.3. The molecule has 194 valence electrons. The van der Waals surface area contributed by atoms with Crippen molar-refractivity contribution in [1.82, 2.24) is 15.1 Å². The molecule has 3 aromatic rings. The zero-order chi connectivity index (χ0) is 26.8. The number of halogens is 2. The van der Waals surface area contributed by atoms with Gasteiger partial charge in [0.25, 0.3) is 11.8 Å². The number of carbonyl (C=O) groups is 4. The molecule has 2 heterocycles. The van der Waals surface area contributed by atoms with E-state index in [1.807, 2.05) is 6.07 Å². The maximum atomic E-state index is 13.9. The second-order valence-electron chi connectivity index (χ2n) is 9.46. The summed E-state index contributed by atoms with van der Waals surface area (Å²) in [5, 5.41) is 2.82. The van der Waals surface area contributed by atoms with E-state index in [1.165, 1.54) is 17.0 Å². The highest BCUT2D eigenvalue weighted by molar-refractivity contribution is 9.10. The van der Waals surface area contributed by atoms with Gasteiger partial charge in [-0.3, -0.25) is 19.2 Å². The van der Waals surface area contributed by atoms with Gasteiger partial charge in [-0.15, -0.1) is 0 Å². The van der Waals surface area contributed by atoms with Gasteiger partial charge in [-0.25, -0.2) is 4.39 Å². The smallest absolute Gasteiger partial charge is 0.254 e. The van der Waals surface area contributed by atoms with E-state index in [2.05, 4.69) is 21.2 Å². The van der Waals surface area contributed by atoms with Crippen molar-refractivity contribution in [3.8, 4) is 0 Å². The molecule has 0 radical (unpaired) electrons. The lowest BCUT2D eigenvalue weighted by atomic mass is 10.0. The first-order chi connectivity index (χ1) is 18.3. The molecule has 2 aliphatic rings. The van der Waals surface area contributed by atoms with Crippen LogP contribution >= 0.6 is 15.9 Å². The molecule has 0 aromatic heterocycles. The number of amides is 3. The van der Waals surface area contributed by atoms with E-state index in [9.17, 15) is 23.6 Å². The highest BCUT2D eigenvalue weighted by Crippen LogP contribution is 2.31. The van der Waals surface area contributed by atoms with Crippen LogP contribution < -0.4 is 5.32 Å². The van der Waals surface area contributed by atoms with Crippen molar-refractivity contribution in [2.75, 3.05) is 13.1 Å². The number of Topliss-reactive ketones (excluding diaryl/α,β-unsaturated/α-hetero) is 1. The maximum absolute atomic E-state index is 13.9. The molecule has 2 saturated heterocycles. The molecular weight excluding hydrogens is 553 g/mol. The molecule has 9 heteroatoms. The van der Waals surface area contributed by atoms with Crippen molar-refractivity contribution < 1.29 is 23.6 Å². The molecule has 0 aliphatic carbocycles. The van der Waals surface area contributed by atoms with Crippen molar-refractivity contribution >= 4 is 39.4 Å². The third-order valence-electron chi connectivity index (χ3n) is 7.03. The second-order valence-corrected chi connectivity index (χ2v) is 10.4. The van der Waals surface area contributed by atoms with Crippen LogP contribution in [-0.4, -0.2) is 64.5 Å². The monoisotopic (exact) mass is 577 g/mol. The number of ketones is 1. The van der Waals surface area contributed by atoms with Crippen LogP contribution in [0.3, 0.4) is 0 Å². The lowest BCUT2D eigenvalue weighted by molar-refractivity contribution is -0.138. The summed E-state index contributed by atoms with van der Waals surface area (Å²) in [5.41, 5.74) is 1.52. The van der Waals surface area contributed by atoms with Gasteiger partial charge in [0.2, 0.25) is 5.91 Å². The molecule has 1 unspecified atom stereocenters.